The minimum Gasteiger partial charge on any atom is -0.349 e. The smallest absolute Gasteiger partial charge is 0.251 e. The minimum absolute atomic E-state index is 0.00980. The summed E-state index contributed by atoms with van der Waals surface area (Å²) in [6, 6.07) is 5.77. The zero-order chi connectivity index (χ0) is 19.0. The molecular weight excluding hydrogens is 382 g/mol. The van der Waals surface area contributed by atoms with Crippen LogP contribution in [0.15, 0.2) is 23.2 Å². The lowest BCUT2D eigenvalue weighted by Crippen LogP contribution is -2.36. The Kier molecular flexibility index (Phi) is 5.20. The van der Waals surface area contributed by atoms with Gasteiger partial charge >= 0.3 is 0 Å². The molecule has 6 nitrogen and oxygen atoms in total. The Morgan fingerprint density at radius 3 is 2.70 bits per heavy atom. The molecule has 4 rings (SSSR count). The zero-order valence-electron chi connectivity index (χ0n) is 15.4. The van der Waals surface area contributed by atoms with Gasteiger partial charge in [0, 0.05) is 22.5 Å². The fraction of sp³-hybridized carbons (Fsp3) is 0.579. The number of benzene rings is 1. The Bertz CT molecular complexity index is 876. The summed E-state index contributed by atoms with van der Waals surface area (Å²) in [6.07, 6.45) is 5.74. The van der Waals surface area contributed by atoms with E-state index in [1.807, 2.05) is 25.1 Å². The molecule has 1 saturated carbocycles. The summed E-state index contributed by atoms with van der Waals surface area (Å²) in [5.74, 6) is 0.298. The molecule has 2 fully saturated rings. The quantitative estimate of drug-likeness (QED) is 0.804. The molecule has 1 amide bonds. The van der Waals surface area contributed by atoms with E-state index in [1.54, 1.807) is 0 Å². The minimum atomic E-state index is -2.95. The predicted octanol–water partition coefficient (Wildman–Crippen LogP) is 2.74. The van der Waals surface area contributed by atoms with E-state index in [4.69, 9.17) is 0 Å². The molecule has 0 unspecified atom stereocenters. The van der Waals surface area contributed by atoms with Crippen LogP contribution in [-0.4, -0.2) is 48.3 Å². The van der Waals surface area contributed by atoms with E-state index in [9.17, 15) is 13.2 Å². The summed E-state index contributed by atoms with van der Waals surface area (Å²) in [5, 5.41) is 7.20. The number of sulfone groups is 1. The number of carbonyl (C=O) groups excluding carboxylic acids is 1. The number of anilines is 1. The monoisotopic (exact) mass is 407 g/mol. The number of fused-ring (bicyclic) bond motifs is 1. The van der Waals surface area contributed by atoms with Crippen LogP contribution in [0, 0.1) is 6.92 Å². The highest BCUT2D eigenvalue weighted by Gasteiger charge is 2.42. The van der Waals surface area contributed by atoms with Crippen LogP contribution < -0.4 is 10.6 Å². The maximum Gasteiger partial charge on any atom is 0.251 e. The van der Waals surface area contributed by atoms with Crippen molar-refractivity contribution in [1.29, 1.82) is 0 Å². The molecule has 2 aliphatic heterocycles. The summed E-state index contributed by atoms with van der Waals surface area (Å²) in [6.45, 7) is 1.98. The number of amides is 1. The van der Waals surface area contributed by atoms with Crippen LogP contribution in [-0.2, 0) is 9.84 Å². The lowest BCUT2D eigenvalue weighted by Gasteiger charge is -2.23. The average molecular weight is 408 g/mol. The molecule has 1 saturated heterocycles. The molecular formula is C19H25N3O3S2. The Labute approximate surface area is 164 Å². The third kappa shape index (κ3) is 4.32. The zero-order valence-corrected chi connectivity index (χ0v) is 17.0. The van der Waals surface area contributed by atoms with Gasteiger partial charge < -0.3 is 10.6 Å². The van der Waals surface area contributed by atoms with Gasteiger partial charge in [0.05, 0.1) is 17.5 Å². The van der Waals surface area contributed by atoms with Gasteiger partial charge in [-0.1, -0.05) is 37.1 Å². The maximum absolute atomic E-state index is 12.6. The van der Waals surface area contributed by atoms with Crippen LogP contribution in [0.4, 0.5) is 5.69 Å². The molecule has 0 bridgehead atoms. The fourth-order valence-electron chi connectivity index (χ4n) is 3.94. The van der Waals surface area contributed by atoms with Gasteiger partial charge in [-0.15, -0.1) is 0 Å². The van der Waals surface area contributed by atoms with E-state index in [2.05, 4.69) is 15.6 Å². The Balaban J connectivity index is 1.44. The first kappa shape index (κ1) is 18.8. The van der Waals surface area contributed by atoms with Gasteiger partial charge in [-0.05, 0) is 37.5 Å². The lowest BCUT2D eigenvalue weighted by atomic mass is 9.95. The molecule has 1 aromatic carbocycles. The van der Waals surface area contributed by atoms with Crippen molar-refractivity contribution in [3.05, 3.63) is 29.3 Å². The Hall–Kier alpha value is -1.54. The van der Waals surface area contributed by atoms with Crippen LogP contribution in [0.5, 0.6) is 0 Å². The lowest BCUT2D eigenvalue weighted by molar-refractivity contribution is 0.0927. The molecule has 2 N–H and O–H groups in total. The predicted molar refractivity (Wildman–Crippen MR) is 110 cm³/mol. The molecule has 146 valence electrons. The molecule has 0 spiro atoms. The van der Waals surface area contributed by atoms with E-state index in [0.29, 0.717) is 5.56 Å². The third-order valence-corrected chi connectivity index (χ3v) is 8.64. The van der Waals surface area contributed by atoms with Gasteiger partial charge in [0.15, 0.2) is 15.0 Å². The maximum atomic E-state index is 12.6. The summed E-state index contributed by atoms with van der Waals surface area (Å²) < 4.78 is 23.4. The highest BCUT2D eigenvalue weighted by atomic mass is 32.2. The summed E-state index contributed by atoms with van der Waals surface area (Å²) in [7, 11) is -2.95. The van der Waals surface area contributed by atoms with Crippen molar-refractivity contribution in [2.24, 2.45) is 4.99 Å². The van der Waals surface area contributed by atoms with Gasteiger partial charge in [0.1, 0.15) is 0 Å². The molecule has 1 aliphatic carbocycles. The van der Waals surface area contributed by atoms with Crippen molar-refractivity contribution in [2.45, 2.75) is 56.4 Å². The van der Waals surface area contributed by atoms with Gasteiger partial charge in [-0.3, -0.25) is 9.79 Å². The molecule has 1 aromatic rings. The van der Waals surface area contributed by atoms with Gasteiger partial charge in [-0.2, -0.15) is 0 Å². The van der Waals surface area contributed by atoms with Crippen molar-refractivity contribution < 1.29 is 13.2 Å². The van der Waals surface area contributed by atoms with E-state index >= 15 is 0 Å². The highest BCUT2D eigenvalue weighted by Crippen LogP contribution is 2.35. The number of amidine groups is 1. The second-order valence-electron chi connectivity index (χ2n) is 7.70. The number of carbonyl (C=O) groups is 1. The number of hydrogen-bond donors (Lipinski definition) is 2. The number of aliphatic imine (C=N–C) groups is 1. The fourth-order valence-corrected chi connectivity index (χ4v) is 7.61. The molecule has 3 aliphatic rings. The first-order valence-corrected chi connectivity index (χ1v) is 12.2. The Morgan fingerprint density at radius 1 is 1.19 bits per heavy atom. The molecule has 0 radical (unpaired) electrons. The van der Waals surface area contributed by atoms with E-state index in [0.717, 1.165) is 29.3 Å². The van der Waals surface area contributed by atoms with E-state index in [-0.39, 0.29) is 34.7 Å². The van der Waals surface area contributed by atoms with Crippen molar-refractivity contribution >= 4 is 38.4 Å². The number of hydrogen-bond acceptors (Lipinski definition) is 6. The largest absolute Gasteiger partial charge is 0.349 e. The van der Waals surface area contributed by atoms with Crippen LogP contribution in [0.2, 0.25) is 0 Å². The number of nitrogens with zero attached hydrogens (tertiary/aromatic N) is 1. The number of nitrogens with one attached hydrogen (secondary N) is 2. The van der Waals surface area contributed by atoms with Gasteiger partial charge in [0.2, 0.25) is 0 Å². The Morgan fingerprint density at radius 2 is 1.96 bits per heavy atom. The van der Waals surface area contributed by atoms with Gasteiger partial charge in [-0.25, -0.2) is 8.42 Å². The van der Waals surface area contributed by atoms with Crippen LogP contribution in [0.3, 0.4) is 0 Å². The van der Waals surface area contributed by atoms with Crippen LogP contribution in [0.1, 0.15) is 48.0 Å². The third-order valence-electron chi connectivity index (χ3n) is 5.50. The number of rotatable bonds is 3. The summed E-state index contributed by atoms with van der Waals surface area (Å²) in [4.78, 5) is 17.1. The van der Waals surface area contributed by atoms with Crippen molar-refractivity contribution in [2.75, 3.05) is 16.8 Å². The van der Waals surface area contributed by atoms with Crippen molar-refractivity contribution in [3.63, 3.8) is 0 Å². The highest BCUT2D eigenvalue weighted by molar-refractivity contribution is 8.15. The van der Waals surface area contributed by atoms with E-state index < -0.39 is 9.84 Å². The standard InChI is InChI=1S/C19H25N3O3S2/c1-12-7-8-13(18(23)20-14-5-3-2-4-6-14)9-15(12)21-19-22-16-10-27(24,25)11-17(16)26-19/h7-9,14,16-17H,2-6,10-11H2,1H3,(H,20,23)(H,21,22)/t16-,17-/m0/s1. The molecule has 0 aromatic heterocycles. The van der Waals surface area contributed by atoms with Crippen LogP contribution >= 0.6 is 11.8 Å². The topological polar surface area (TPSA) is 87.6 Å². The average Bonchev–Trinajstić information content (AvgIpc) is 3.10. The molecule has 8 heteroatoms. The first-order chi connectivity index (χ1) is 12.9. The van der Waals surface area contributed by atoms with Crippen molar-refractivity contribution in [3.8, 4) is 0 Å². The molecule has 2 atom stereocenters. The number of thioether (sulfide) groups is 1. The second-order valence-corrected chi connectivity index (χ2v) is 11.1. The molecule has 2 heterocycles. The number of aryl methyl sites for hydroxylation is 1. The second kappa shape index (κ2) is 7.47. The SMILES string of the molecule is Cc1ccc(C(=O)NC2CCCCC2)cc1NC1=N[C@H]2CS(=O)(=O)C[C@@H]2S1. The summed E-state index contributed by atoms with van der Waals surface area (Å²) >= 11 is 1.49. The summed E-state index contributed by atoms with van der Waals surface area (Å²) in [5.41, 5.74) is 2.51. The van der Waals surface area contributed by atoms with E-state index in [1.165, 1.54) is 31.0 Å². The molecule has 27 heavy (non-hydrogen) atoms. The van der Waals surface area contributed by atoms with Gasteiger partial charge in [0.25, 0.3) is 5.91 Å². The van der Waals surface area contributed by atoms with Crippen LogP contribution in [0.25, 0.3) is 0 Å². The first-order valence-electron chi connectivity index (χ1n) is 9.53. The van der Waals surface area contributed by atoms with Crippen molar-refractivity contribution in [1.82, 2.24) is 5.32 Å². The normalized spacial score (nSPS) is 27.1.